The zero-order valence-corrected chi connectivity index (χ0v) is 16.9. The zero-order valence-electron chi connectivity index (χ0n) is 16.9. The van der Waals surface area contributed by atoms with E-state index in [1.807, 2.05) is 43.9 Å². The standard InChI is InChI=1S/C20H32N2O4/c1-20(2,3)26-19(23)22-11-9-15(10-12-22)14-21(4)17-8-7-16(24-5)13-18(17)25-6/h7-8,13,15H,9-12,14H2,1-6H3. The average molecular weight is 364 g/mol. The Morgan fingerprint density at radius 1 is 1.19 bits per heavy atom. The molecule has 1 fully saturated rings. The van der Waals surface area contributed by atoms with Crippen LogP contribution in [0.4, 0.5) is 10.5 Å². The van der Waals surface area contributed by atoms with Crippen molar-refractivity contribution in [2.45, 2.75) is 39.2 Å². The van der Waals surface area contributed by atoms with Gasteiger partial charge in [0.25, 0.3) is 0 Å². The number of anilines is 1. The second-order valence-corrected chi connectivity index (χ2v) is 7.83. The molecule has 0 N–H and O–H groups in total. The van der Waals surface area contributed by atoms with Crippen LogP contribution in [-0.4, -0.2) is 57.5 Å². The number of methoxy groups -OCH3 is 2. The first kappa shape index (κ1) is 20.2. The molecule has 1 aliphatic heterocycles. The molecule has 0 aliphatic carbocycles. The highest BCUT2D eigenvalue weighted by Gasteiger charge is 2.27. The van der Waals surface area contributed by atoms with Crippen LogP contribution >= 0.6 is 0 Å². The fraction of sp³-hybridized carbons (Fsp3) is 0.650. The number of hydrogen-bond acceptors (Lipinski definition) is 5. The molecule has 6 nitrogen and oxygen atoms in total. The molecule has 2 rings (SSSR count). The van der Waals surface area contributed by atoms with Gasteiger partial charge < -0.3 is 24.0 Å². The minimum atomic E-state index is -0.445. The smallest absolute Gasteiger partial charge is 0.410 e. The molecule has 0 atom stereocenters. The monoisotopic (exact) mass is 364 g/mol. The van der Waals surface area contributed by atoms with Crippen molar-refractivity contribution in [3.05, 3.63) is 18.2 Å². The number of carbonyl (C=O) groups excluding carboxylic acids is 1. The third kappa shape index (κ3) is 5.44. The summed E-state index contributed by atoms with van der Waals surface area (Å²) in [7, 11) is 5.40. The highest BCUT2D eigenvalue weighted by molar-refractivity contribution is 5.68. The lowest BCUT2D eigenvalue weighted by molar-refractivity contribution is 0.0186. The van der Waals surface area contributed by atoms with E-state index in [-0.39, 0.29) is 6.09 Å². The number of piperidine rings is 1. The molecule has 0 spiro atoms. The number of ether oxygens (including phenoxy) is 3. The van der Waals surface area contributed by atoms with Crippen LogP contribution in [0.2, 0.25) is 0 Å². The summed E-state index contributed by atoms with van der Waals surface area (Å²) in [6, 6.07) is 5.86. The summed E-state index contributed by atoms with van der Waals surface area (Å²) in [4.78, 5) is 16.2. The van der Waals surface area contributed by atoms with E-state index < -0.39 is 5.60 Å². The van der Waals surface area contributed by atoms with Crippen LogP contribution < -0.4 is 14.4 Å². The number of likely N-dealkylation sites (tertiary alicyclic amines) is 1. The van der Waals surface area contributed by atoms with E-state index in [2.05, 4.69) is 11.9 Å². The van der Waals surface area contributed by atoms with Crippen LogP contribution in [0.5, 0.6) is 11.5 Å². The lowest BCUT2D eigenvalue weighted by Crippen LogP contribution is -2.43. The largest absolute Gasteiger partial charge is 0.497 e. The van der Waals surface area contributed by atoms with E-state index in [0.717, 1.165) is 49.7 Å². The average Bonchev–Trinajstić information content (AvgIpc) is 2.60. The molecule has 0 bridgehead atoms. The van der Waals surface area contributed by atoms with Crippen molar-refractivity contribution in [1.82, 2.24) is 4.90 Å². The van der Waals surface area contributed by atoms with Gasteiger partial charge in [-0.15, -0.1) is 0 Å². The van der Waals surface area contributed by atoms with Gasteiger partial charge in [0.15, 0.2) is 0 Å². The Balaban J connectivity index is 1.90. The molecule has 146 valence electrons. The van der Waals surface area contributed by atoms with Gasteiger partial charge in [0.1, 0.15) is 17.1 Å². The Bertz CT molecular complexity index is 604. The number of benzene rings is 1. The molecule has 1 aromatic rings. The predicted molar refractivity (Wildman–Crippen MR) is 103 cm³/mol. The maximum atomic E-state index is 12.2. The molecule has 1 amide bonds. The second kappa shape index (κ2) is 8.52. The molecule has 26 heavy (non-hydrogen) atoms. The molecule has 6 heteroatoms. The van der Waals surface area contributed by atoms with Crippen LogP contribution in [0.1, 0.15) is 33.6 Å². The molecule has 0 radical (unpaired) electrons. The molecule has 1 saturated heterocycles. The summed E-state index contributed by atoms with van der Waals surface area (Å²) >= 11 is 0. The Kier molecular flexibility index (Phi) is 6.62. The SMILES string of the molecule is COc1ccc(N(C)CC2CCN(C(=O)OC(C)(C)C)CC2)c(OC)c1. The highest BCUT2D eigenvalue weighted by Crippen LogP contribution is 2.32. The fourth-order valence-electron chi connectivity index (χ4n) is 3.21. The maximum Gasteiger partial charge on any atom is 0.410 e. The maximum absolute atomic E-state index is 12.2. The van der Waals surface area contributed by atoms with E-state index in [4.69, 9.17) is 14.2 Å². The van der Waals surface area contributed by atoms with Crippen molar-refractivity contribution < 1.29 is 19.0 Å². The number of rotatable bonds is 5. The molecular weight excluding hydrogens is 332 g/mol. The normalized spacial score (nSPS) is 15.5. The fourth-order valence-corrected chi connectivity index (χ4v) is 3.21. The van der Waals surface area contributed by atoms with Crippen molar-refractivity contribution in [3.63, 3.8) is 0 Å². The summed E-state index contributed by atoms with van der Waals surface area (Å²) < 4.78 is 16.2. The summed E-state index contributed by atoms with van der Waals surface area (Å²) in [5.41, 5.74) is 0.599. The lowest BCUT2D eigenvalue weighted by atomic mass is 9.96. The molecule has 0 unspecified atom stereocenters. The van der Waals surface area contributed by atoms with Gasteiger partial charge in [-0.3, -0.25) is 0 Å². The van der Waals surface area contributed by atoms with Crippen LogP contribution in [0.25, 0.3) is 0 Å². The number of hydrogen-bond donors (Lipinski definition) is 0. The van der Waals surface area contributed by atoms with E-state index in [9.17, 15) is 4.79 Å². The topological polar surface area (TPSA) is 51.2 Å². The summed E-state index contributed by atoms with van der Waals surface area (Å²) in [5.74, 6) is 2.12. The second-order valence-electron chi connectivity index (χ2n) is 7.83. The van der Waals surface area contributed by atoms with Crippen LogP contribution in [0, 0.1) is 5.92 Å². The minimum absolute atomic E-state index is 0.207. The summed E-state index contributed by atoms with van der Waals surface area (Å²) in [6.45, 7) is 8.10. The van der Waals surface area contributed by atoms with Crippen molar-refractivity contribution in [3.8, 4) is 11.5 Å². The van der Waals surface area contributed by atoms with E-state index in [1.165, 1.54) is 0 Å². The number of carbonyl (C=O) groups is 1. The van der Waals surface area contributed by atoms with Crippen LogP contribution in [-0.2, 0) is 4.74 Å². The summed E-state index contributed by atoms with van der Waals surface area (Å²) in [6.07, 6.45) is 1.74. The van der Waals surface area contributed by atoms with E-state index >= 15 is 0 Å². The molecule has 1 aromatic carbocycles. The van der Waals surface area contributed by atoms with E-state index in [1.54, 1.807) is 14.2 Å². The molecule has 0 aromatic heterocycles. The Morgan fingerprint density at radius 3 is 2.38 bits per heavy atom. The van der Waals surface area contributed by atoms with E-state index in [0.29, 0.717) is 5.92 Å². The molecule has 1 heterocycles. The third-order valence-corrected chi connectivity index (χ3v) is 4.60. The molecular formula is C20H32N2O4. The zero-order chi connectivity index (χ0) is 19.3. The van der Waals surface area contributed by atoms with Crippen LogP contribution in [0.3, 0.4) is 0 Å². The Hall–Kier alpha value is -2.11. The van der Waals surface area contributed by atoms with Crippen molar-refractivity contribution in [2.24, 2.45) is 5.92 Å². The summed E-state index contributed by atoms with van der Waals surface area (Å²) in [5, 5.41) is 0. The van der Waals surface area contributed by atoms with Gasteiger partial charge in [-0.2, -0.15) is 0 Å². The minimum Gasteiger partial charge on any atom is -0.497 e. The van der Waals surface area contributed by atoms with Gasteiger partial charge in [-0.05, 0) is 51.7 Å². The molecule has 1 aliphatic rings. The van der Waals surface area contributed by atoms with Gasteiger partial charge in [0.05, 0.1) is 19.9 Å². The van der Waals surface area contributed by atoms with Gasteiger partial charge in [0, 0.05) is 32.7 Å². The van der Waals surface area contributed by atoms with Gasteiger partial charge in [0.2, 0.25) is 0 Å². The quantitative estimate of drug-likeness (QED) is 0.796. The van der Waals surface area contributed by atoms with Crippen LogP contribution in [0.15, 0.2) is 18.2 Å². The molecule has 0 saturated carbocycles. The van der Waals surface area contributed by atoms with Gasteiger partial charge in [-0.25, -0.2) is 4.79 Å². The number of nitrogens with zero attached hydrogens (tertiary/aromatic N) is 2. The Labute approximate surface area is 157 Å². The van der Waals surface area contributed by atoms with Crippen molar-refractivity contribution in [2.75, 3.05) is 45.8 Å². The first-order valence-electron chi connectivity index (χ1n) is 9.14. The van der Waals surface area contributed by atoms with Crippen molar-refractivity contribution in [1.29, 1.82) is 0 Å². The number of amides is 1. The highest BCUT2D eigenvalue weighted by atomic mass is 16.6. The Morgan fingerprint density at radius 2 is 1.85 bits per heavy atom. The first-order chi connectivity index (χ1) is 12.2. The van der Waals surface area contributed by atoms with Gasteiger partial charge >= 0.3 is 6.09 Å². The first-order valence-corrected chi connectivity index (χ1v) is 9.14. The van der Waals surface area contributed by atoms with Gasteiger partial charge in [-0.1, -0.05) is 0 Å². The third-order valence-electron chi connectivity index (χ3n) is 4.60. The predicted octanol–water partition coefficient (Wildman–Crippen LogP) is 3.79. The lowest BCUT2D eigenvalue weighted by Gasteiger charge is -2.35. The van der Waals surface area contributed by atoms with Crippen molar-refractivity contribution >= 4 is 11.8 Å².